The maximum Gasteiger partial charge on any atom is 0.408 e. The van der Waals surface area contributed by atoms with Crippen LogP contribution < -0.4 is 5.32 Å². The number of amides is 1. The van der Waals surface area contributed by atoms with Gasteiger partial charge in [-0.05, 0) is 18.9 Å². The fraction of sp³-hybridized carbons (Fsp3) is 0.571. The zero-order valence-corrected chi connectivity index (χ0v) is 16.3. The van der Waals surface area contributed by atoms with Crippen molar-refractivity contribution in [3.05, 3.63) is 35.9 Å². The lowest BCUT2D eigenvalue weighted by Crippen LogP contribution is -2.47. The SMILES string of the molecule is CCCCCCC[C@@H](C=O)[C@H](NC(=O)OCc1ccccc1)C(=O)OCC. The standard InChI is InChI=1S/C21H31NO5/c1-3-5-6-7-11-14-18(15-23)19(20(24)26-4-2)22-21(25)27-16-17-12-9-8-10-13-17/h8-10,12-13,15,18-19H,3-7,11,14,16H2,1-2H3,(H,22,25)/t18-,19-/m0/s1. The monoisotopic (exact) mass is 377 g/mol. The lowest BCUT2D eigenvalue weighted by atomic mass is 9.94. The lowest BCUT2D eigenvalue weighted by molar-refractivity contribution is -0.148. The Hall–Kier alpha value is -2.37. The summed E-state index contributed by atoms with van der Waals surface area (Å²) >= 11 is 0. The number of rotatable bonds is 13. The van der Waals surface area contributed by atoms with Gasteiger partial charge in [0.15, 0.2) is 0 Å². The lowest BCUT2D eigenvalue weighted by Gasteiger charge is -2.22. The third-order valence-electron chi connectivity index (χ3n) is 4.27. The average molecular weight is 377 g/mol. The normalized spacial score (nSPS) is 12.7. The van der Waals surface area contributed by atoms with Crippen LogP contribution in [-0.4, -0.2) is 31.0 Å². The summed E-state index contributed by atoms with van der Waals surface area (Å²) in [6, 6.07) is 8.20. The molecule has 0 spiro atoms. The Kier molecular flexibility index (Phi) is 11.6. The van der Waals surface area contributed by atoms with E-state index in [4.69, 9.17) is 9.47 Å². The maximum atomic E-state index is 12.2. The van der Waals surface area contributed by atoms with E-state index in [0.717, 1.165) is 44.0 Å². The summed E-state index contributed by atoms with van der Waals surface area (Å²) in [6.07, 6.45) is 5.70. The van der Waals surface area contributed by atoms with E-state index >= 15 is 0 Å². The maximum absolute atomic E-state index is 12.2. The van der Waals surface area contributed by atoms with E-state index in [1.807, 2.05) is 30.3 Å². The van der Waals surface area contributed by atoms with E-state index in [1.165, 1.54) is 0 Å². The van der Waals surface area contributed by atoms with E-state index in [-0.39, 0.29) is 13.2 Å². The second-order valence-corrected chi connectivity index (χ2v) is 6.44. The second kappa shape index (κ2) is 13.8. The molecule has 0 heterocycles. The molecule has 0 saturated heterocycles. The van der Waals surface area contributed by atoms with Crippen molar-refractivity contribution in [2.24, 2.45) is 5.92 Å². The van der Waals surface area contributed by atoms with Gasteiger partial charge in [-0.1, -0.05) is 69.4 Å². The summed E-state index contributed by atoms with van der Waals surface area (Å²) in [4.78, 5) is 35.9. The Balaban J connectivity index is 2.60. The highest BCUT2D eigenvalue weighted by Crippen LogP contribution is 2.15. The Morgan fingerprint density at radius 2 is 1.74 bits per heavy atom. The molecule has 0 bridgehead atoms. The number of unbranched alkanes of at least 4 members (excludes halogenated alkanes) is 4. The van der Waals surface area contributed by atoms with Crippen molar-refractivity contribution in [2.45, 2.75) is 65.0 Å². The largest absolute Gasteiger partial charge is 0.464 e. The highest BCUT2D eigenvalue weighted by molar-refractivity contribution is 5.84. The molecule has 6 heteroatoms. The van der Waals surface area contributed by atoms with Gasteiger partial charge in [0.05, 0.1) is 6.61 Å². The molecule has 0 aliphatic carbocycles. The number of aldehydes is 1. The molecule has 2 atom stereocenters. The number of alkyl carbamates (subject to hydrolysis) is 1. The highest BCUT2D eigenvalue weighted by Gasteiger charge is 2.31. The minimum Gasteiger partial charge on any atom is -0.464 e. The number of benzene rings is 1. The molecule has 6 nitrogen and oxygen atoms in total. The average Bonchev–Trinajstić information content (AvgIpc) is 2.69. The van der Waals surface area contributed by atoms with E-state index in [2.05, 4.69) is 12.2 Å². The van der Waals surface area contributed by atoms with Gasteiger partial charge in [-0.2, -0.15) is 0 Å². The van der Waals surface area contributed by atoms with Gasteiger partial charge in [0.25, 0.3) is 0 Å². The number of nitrogens with one attached hydrogen (secondary N) is 1. The summed E-state index contributed by atoms with van der Waals surface area (Å²) in [5.41, 5.74) is 0.836. The van der Waals surface area contributed by atoms with Gasteiger partial charge < -0.3 is 19.6 Å². The fourth-order valence-electron chi connectivity index (χ4n) is 2.76. The van der Waals surface area contributed by atoms with Crippen molar-refractivity contribution >= 4 is 18.3 Å². The minimum atomic E-state index is -1.03. The van der Waals surface area contributed by atoms with Crippen LogP contribution in [0.5, 0.6) is 0 Å². The first kappa shape index (κ1) is 22.7. The molecule has 0 unspecified atom stereocenters. The Morgan fingerprint density at radius 3 is 2.37 bits per heavy atom. The topological polar surface area (TPSA) is 81.7 Å². The second-order valence-electron chi connectivity index (χ2n) is 6.44. The Morgan fingerprint density at radius 1 is 1.04 bits per heavy atom. The number of hydrogen-bond donors (Lipinski definition) is 1. The molecule has 0 fully saturated rings. The molecule has 0 radical (unpaired) electrons. The first-order chi connectivity index (χ1) is 13.1. The van der Waals surface area contributed by atoms with Crippen molar-refractivity contribution < 1.29 is 23.9 Å². The number of carbonyl (C=O) groups is 3. The van der Waals surface area contributed by atoms with Crippen LogP contribution in [0.25, 0.3) is 0 Å². The van der Waals surface area contributed by atoms with Crippen molar-refractivity contribution in [1.29, 1.82) is 0 Å². The molecule has 0 aromatic heterocycles. The van der Waals surface area contributed by atoms with Crippen LogP contribution in [0.4, 0.5) is 4.79 Å². The molecule has 1 amide bonds. The van der Waals surface area contributed by atoms with Gasteiger partial charge in [-0.15, -0.1) is 0 Å². The number of carbonyl (C=O) groups excluding carboxylic acids is 3. The predicted octanol–water partition coefficient (Wildman–Crippen LogP) is 4.02. The molecular weight excluding hydrogens is 346 g/mol. The van der Waals surface area contributed by atoms with Gasteiger partial charge in [0, 0.05) is 5.92 Å². The third-order valence-corrected chi connectivity index (χ3v) is 4.27. The van der Waals surface area contributed by atoms with Gasteiger partial charge in [0.2, 0.25) is 0 Å². The van der Waals surface area contributed by atoms with Crippen LogP contribution in [0, 0.1) is 5.92 Å². The minimum absolute atomic E-state index is 0.0883. The van der Waals surface area contributed by atoms with Crippen LogP contribution in [0.15, 0.2) is 30.3 Å². The summed E-state index contributed by atoms with van der Waals surface area (Å²) in [5.74, 6) is -1.24. The van der Waals surface area contributed by atoms with Gasteiger partial charge in [0.1, 0.15) is 18.9 Å². The zero-order chi connectivity index (χ0) is 19.9. The summed E-state index contributed by atoms with van der Waals surface area (Å²) < 4.78 is 10.2. The molecular formula is C21H31NO5. The van der Waals surface area contributed by atoms with Crippen molar-refractivity contribution in [3.8, 4) is 0 Å². The fourth-order valence-corrected chi connectivity index (χ4v) is 2.76. The highest BCUT2D eigenvalue weighted by atomic mass is 16.6. The van der Waals surface area contributed by atoms with Crippen LogP contribution >= 0.6 is 0 Å². The molecule has 0 aliphatic heterocycles. The molecule has 1 N–H and O–H groups in total. The van der Waals surface area contributed by atoms with Crippen LogP contribution in [-0.2, 0) is 25.7 Å². The van der Waals surface area contributed by atoms with E-state index in [1.54, 1.807) is 6.92 Å². The number of ether oxygens (including phenoxy) is 2. The van der Waals surface area contributed by atoms with Crippen molar-refractivity contribution in [1.82, 2.24) is 5.32 Å². The summed E-state index contributed by atoms with van der Waals surface area (Å²) in [7, 11) is 0. The van der Waals surface area contributed by atoms with Crippen molar-refractivity contribution in [3.63, 3.8) is 0 Å². The van der Waals surface area contributed by atoms with Gasteiger partial charge >= 0.3 is 12.1 Å². The molecule has 0 saturated carbocycles. The van der Waals surface area contributed by atoms with Gasteiger partial charge in [-0.3, -0.25) is 0 Å². The molecule has 1 aromatic rings. The molecule has 27 heavy (non-hydrogen) atoms. The Bertz CT molecular complexity index is 561. The van der Waals surface area contributed by atoms with Crippen LogP contribution in [0.1, 0.15) is 57.9 Å². The Labute approximate surface area is 161 Å². The zero-order valence-electron chi connectivity index (χ0n) is 16.3. The first-order valence-electron chi connectivity index (χ1n) is 9.71. The van der Waals surface area contributed by atoms with E-state index in [0.29, 0.717) is 6.42 Å². The third kappa shape index (κ3) is 9.22. The smallest absolute Gasteiger partial charge is 0.408 e. The summed E-state index contributed by atoms with van der Waals surface area (Å²) in [6.45, 7) is 4.09. The molecule has 150 valence electrons. The van der Waals surface area contributed by atoms with Gasteiger partial charge in [-0.25, -0.2) is 9.59 Å². The van der Waals surface area contributed by atoms with Crippen LogP contribution in [0.3, 0.4) is 0 Å². The predicted molar refractivity (Wildman–Crippen MR) is 103 cm³/mol. The molecule has 1 aromatic carbocycles. The van der Waals surface area contributed by atoms with E-state index < -0.39 is 24.0 Å². The van der Waals surface area contributed by atoms with E-state index in [9.17, 15) is 14.4 Å². The van der Waals surface area contributed by atoms with Crippen LogP contribution in [0.2, 0.25) is 0 Å². The van der Waals surface area contributed by atoms with Crippen molar-refractivity contribution in [2.75, 3.05) is 6.61 Å². The molecule has 0 aliphatic rings. The number of hydrogen-bond acceptors (Lipinski definition) is 5. The molecule has 1 rings (SSSR count). The quantitative estimate of drug-likeness (QED) is 0.319. The summed E-state index contributed by atoms with van der Waals surface area (Å²) in [5, 5.41) is 2.51. The first-order valence-corrected chi connectivity index (χ1v) is 9.71. The number of esters is 1.